The van der Waals surface area contributed by atoms with Gasteiger partial charge in [0.25, 0.3) is 0 Å². The fourth-order valence-electron chi connectivity index (χ4n) is 5.63. The first kappa shape index (κ1) is 27.2. The van der Waals surface area contributed by atoms with E-state index in [1.165, 1.54) is 18.2 Å². The molecule has 2 heterocycles. The highest BCUT2D eigenvalue weighted by Crippen LogP contribution is 2.41. The summed E-state index contributed by atoms with van der Waals surface area (Å²) in [6.07, 6.45) is 4.90. The zero-order valence-electron chi connectivity index (χ0n) is 21.1. The number of carbonyl (C=O) groups is 1. The van der Waals surface area contributed by atoms with Crippen molar-refractivity contribution in [1.82, 2.24) is 15.4 Å². The van der Waals surface area contributed by atoms with Crippen molar-refractivity contribution in [3.8, 4) is 5.75 Å². The molecule has 4 rings (SSSR count). The van der Waals surface area contributed by atoms with Gasteiger partial charge in [-0.1, -0.05) is 24.6 Å². The van der Waals surface area contributed by atoms with Crippen molar-refractivity contribution >= 4 is 28.4 Å². The molecular formula is C28H32ClF2N3O3. The number of hydroxylamine groups is 1. The van der Waals surface area contributed by atoms with Crippen LogP contribution in [0.15, 0.2) is 42.6 Å². The van der Waals surface area contributed by atoms with Gasteiger partial charge in [-0.3, -0.25) is 19.9 Å². The molecule has 9 heteroatoms. The molecule has 198 valence electrons. The highest BCUT2D eigenvalue weighted by molar-refractivity contribution is 6.32. The summed E-state index contributed by atoms with van der Waals surface area (Å²) in [6, 6.07) is 9.13. The summed E-state index contributed by atoms with van der Waals surface area (Å²) >= 11 is 6.51. The maximum Gasteiger partial charge on any atom is 0.249 e. The van der Waals surface area contributed by atoms with Crippen LogP contribution in [0.25, 0.3) is 10.9 Å². The fraction of sp³-hybridized carbons (Fsp3) is 0.429. The van der Waals surface area contributed by atoms with Crippen molar-refractivity contribution in [3.63, 3.8) is 0 Å². The normalized spacial score (nSPS) is 16.5. The molecule has 0 aliphatic carbocycles. The molecule has 6 nitrogen and oxygen atoms in total. The molecule has 0 saturated carbocycles. The topological polar surface area (TPSA) is 74.7 Å². The first-order valence-corrected chi connectivity index (χ1v) is 12.9. The van der Waals surface area contributed by atoms with E-state index in [2.05, 4.69) is 4.98 Å². The van der Waals surface area contributed by atoms with Crippen LogP contribution in [-0.4, -0.2) is 41.2 Å². The summed E-state index contributed by atoms with van der Waals surface area (Å²) in [4.78, 5) is 19.3. The second-order valence-corrected chi connectivity index (χ2v) is 10.0. The number of halogens is 3. The Morgan fingerprint density at radius 3 is 2.57 bits per heavy atom. The Morgan fingerprint density at radius 1 is 1.24 bits per heavy atom. The van der Waals surface area contributed by atoms with Crippen molar-refractivity contribution in [2.75, 3.05) is 20.2 Å². The minimum Gasteiger partial charge on any atom is -0.497 e. The van der Waals surface area contributed by atoms with E-state index in [4.69, 9.17) is 16.3 Å². The maximum atomic E-state index is 14.5. The molecule has 0 spiro atoms. The van der Waals surface area contributed by atoms with Gasteiger partial charge in [0.1, 0.15) is 17.4 Å². The van der Waals surface area contributed by atoms with Crippen LogP contribution in [0.5, 0.6) is 5.75 Å². The Labute approximate surface area is 220 Å². The highest BCUT2D eigenvalue weighted by Gasteiger charge is 2.42. The van der Waals surface area contributed by atoms with Crippen LogP contribution < -0.4 is 10.2 Å². The molecule has 1 aliphatic heterocycles. The lowest BCUT2D eigenvalue weighted by Crippen LogP contribution is -2.49. The number of rotatable bonds is 9. The second kappa shape index (κ2) is 11.7. The van der Waals surface area contributed by atoms with E-state index in [1.807, 2.05) is 35.5 Å². The average Bonchev–Trinajstić information content (AvgIpc) is 2.91. The fourth-order valence-corrected chi connectivity index (χ4v) is 5.88. The van der Waals surface area contributed by atoms with Gasteiger partial charge in [0, 0.05) is 23.2 Å². The van der Waals surface area contributed by atoms with Gasteiger partial charge in [0.15, 0.2) is 0 Å². The van der Waals surface area contributed by atoms with Gasteiger partial charge in [0.2, 0.25) is 5.91 Å². The third kappa shape index (κ3) is 5.56. The number of ether oxygens (including phenoxy) is 1. The molecule has 2 aromatic carbocycles. The van der Waals surface area contributed by atoms with Crippen molar-refractivity contribution in [3.05, 3.63) is 70.4 Å². The maximum absolute atomic E-state index is 14.5. The van der Waals surface area contributed by atoms with Gasteiger partial charge in [-0.2, -0.15) is 0 Å². The summed E-state index contributed by atoms with van der Waals surface area (Å²) in [5.74, 6) is -0.840. The molecule has 0 bridgehead atoms. The van der Waals surface area contributed by atoms with E-state index in [0.29, 0.717) is 62.4 Å². The van der Waals surface area contributed by atoms with Crippen LogP contribution in [-0.2, 0) is 11.2 Å². The van der Waals surface area contributed by atoms with Gasteiger partial charge in [-0.25, -0.2) is 14.3 Å². The largest absolute Gasteiger partial charge is 0.497 e. The molecule has 1 aromatic heterocycles. The zero-order valence-corrected chi connectivity index (χ0v) is 21.8. The molecule has 1 fully saturated rings. The minimum atomic E-state index is -0.787. The molecule has 1 atom stereocenters. The van der Waals surface area contributed by atoms with Gasteiger partial charge < -0.3 is 4.74 Å². The summed E-state index contributed by atoms with van der Waals surface area (Å²) in [6.45, 7) is 2.86. The van der Waals surface area contributed by atoms with Gasteiger partial charge >= 0.3 is 0 Å². The van der Waals surface area contributed by atoms with E-state index in [0.717, 1.165) is 16.5 Å². The van der Waals surface area contributed by atoms with E-state index < -0.39 is 29.0 Å². The van der Waals surface area contributed by atoms with Crippen LogP contribution >= 0.6 is 11.6 Å². The van der Waals surface area contributed by atoms with Crippen molar-refractivity contribution in [2.45, 2.75) is 51.5 Å². The number of amides is 1. The number of aryl methyl sites for hydroxylation is 1. The SMILES string of the molecule is CCC(c1c(F)cccc1F)N1CCC(CCCc2c(Cl)cnc3ccc(OC)cc23)(C(=O)NO)CC1. The molecule has 3 aromatic rings. The van der Waals surface area contributed by atoms with Crippen LogP contribution in [0.3, 0.4) is 0 Å². The number of nitrogens with zero attached hydrogens (tertiary/aromatic N) is 2. The Morgan fingerprint density at radius 2 is 1.95 bits per heavy atom. The third-order valence-electron chi connectivity index (χ3n) is 7.71. The number of aromatic nitrogens is 1. The van der Waals surface area contributed by atoms with Gasteiger partial charge in [-0.15, -0.1) is 0 Å². The first-order chi connectivity index (χ1) is 17.8. The van der Waals surface area contributed by atoms with Crippen LogP contribution in [0.1, 0.15) is 56.2 Å². The molecule has 1 saturated heterocycles. The van der Waals surface area contributed by atoms with Gasteiger partial charge in [-0.05, 0) is 87.5 Å². The number of pyridine rings is 1. The minimum absolute atomic E-state index is 0.0683. The monoisotopic (exact) mass is 531 g/mol. The second-order valence-electron chi connectivity index (χ2n) is 9.64. The Bertz CT molecular complexity index is 1240. The van der Waals surface area contributed by atoms with E-state index in [1.54, 1.807) is 13.3 Å². The van der Waals surface area contributed by atoms with Crippen LogP contribution in [0.2, 0.25) is 5.02 Å². The molecule has 0 radical (unpaired) electrons. The van der Waals surface area contributed by atoms with E-state index >= 15 is 0 Å². The molecule has 37 heavy (non-hydrogen) atoms. The lowest BCUT2D eigenvalue weighted by Gasteiger charge is -2.43. The Kier molecular flexibility index (Phi) is 8.62. The zero-order chi connectivity index (χ0) is 26.6. The van der Waals surface area contributed by atoms with Crippen molar-refractivity contribution < 1.29 is 23.5 Å². The summed E-state index contributed by atoms with van der Waals surface area (Å²) in [7, 11) is 1.60. The molecule has 1 aliphatic rings. The smallest absolute Gasteiger partial charge is 0.249 e. The lowest BCUT2D eigenvalue weighted by molar-refractivity contribution is -0.144. The first-order valence-electron chi connectivity index (χ1n) is 12.6. The molecule has 1 unspecified atom stereocenters. The van der Waals surface area contributed by atoms with E-state index in [9.17, 15) is 18.8 Å². The van der Waals surface area contributed by atoms with Crippen LogP contribution in [0, 0.1) is 17.0 Å². The van der Waals surface area contributed by atoms with Crippen molar-refractivity contribution in [2.24, 2.45) is 5.41 Å². The number of fused-ring (bicyclic) bond motifs is 1. The number of methoxy groups -OCH3 is 1. The number of carbonyl (C=O) groups excluding carboxylic acids is 1. The molecule has 2 N–H and O–H groups in total. The van der Waals surface area contributed by atoms with Gasteiger partial charge in [0.05, 0.1) is 23.1 Å². The molecule has 1 amide bonds. The molecular weight excluding hydrogens is 500 g/mol. The summed E-state index contributed by atoms with van der Waals surface area (Å²) in [5, 5.41) is 11.0. The number of hydrogen-bond acceptors (Lipinski definition) is 5. The predicted molar refractivity (Wildman–Crippen MR) is 139 cm³/mol. The lowest BCUT2D eigenvalue weighted by atomic mass is 9.73. The number of likely N-dealkylation sites (tertiary alicyclic amines) is 1. The quantitative estimate of drug-likeness (QED) is 0.253. The standard InChI is InChI=1S/C28H32ClF2N3O3/c1-3-25(26-22(30)7-4-8-23(26)31)34-14-12-28(13-15-34,27(35)33-36)11-5-6-19-20-16-18(37-2)9-10-24(20)32-17-21(19)29/h4,7-10,16-17,25,36H,3,5-6,11-15H2,1-2H3,(H,33,35). The predicted octanol–water partition coefficient (Wildman–Crippen LogP) is 6.24. The van der Waals surface area contributed by atoms with Crippen LogP contribution in [0.4, 0.5) is 8.78 Å². The van der Waals surface area contributed by atoms with Crippen molar-refractivity contribution in [1.29, 1.82) is 0 Å². The highest BCUT2D eigenvalue weighted by atomic mass is 35.5. The number of nitrogens with one attached hydrogen (secondary N) is 1. The average molecular weight is 532 g/mol. The summed E-state index contributed by atoms with van der Waals surface area (Å²) in [5.41, 5.74) is 2.88. The number of benzene rings is 2. The Hall–Kier alpha value is -2.81. The third-order valence-corrected chi connectivity index (χ3v) is 8.04. The number of hydrogen-bond donors (Lipinski definition) is 2. The van der Waals surface area contributed by atoms with E-state index in [-0.39, 0.29) is 5.56 Å². The number of piperidine rings is 1. The summed E-state index contributed by atoms with van der Waals surface area (Å²) < 4.78 is 34.4. The Balaban J connectivity index is 1.50.